The molecule has 0 spiro atoms. The Balaban J connectivity index is 1.78. The second-order valence-electron chi connectivity index (χ2n) is 4.27. The topological polar surface area (TPSA) is 61.4 Å². The highest BCUT2D eigenvalue weighted by Gasteiger charge is 2.04. The first-order chi connectivity index (χ1) is 9.65. The second kappa shape index (κ2) is 6.96. The van der Waals surface area contributed by atoms with Crippen LogP contribution in [0.3, 0.4) is 0 Å². The van der Waals surface area contributed by atoms with E-state index in [9.17, 15) is 9.90 Å². The van der Waals surface area contributed by atoms with Crippen LogP contribution in [0.25, 0.3) is 0 Å². The Hall–Kier alpha value is -2.01. The van der Waals surface area contributed by atoms with Crippen molar-refractivity contribution in [1.82, 2.24) is 5.32 Å². The molecule has 0 aliphatic rings. The lowest BCUT2D eigenvalue weighted by molar-refractivity contribution is 0.252. The van der Waals surface area contributed by atoms with Crippen molar-refractivity contribution in [3.8, 4) is 5.75 Å². The van der Waals surface area contributed by atoms with E-state index in [0.29, 0.717) is 12.2 Å². The number of anilines is 1. The fourth-order valence-electron chi connectivity index (χ4n) is 1.72. The van der Waals surface area contributed by atoms with E-state index in [2.05, 4.69) is 26.6 Å². The molecule has 0 aliphatic carbocycles. The third kappa shape index (κ3) is 4.28. The van der Waals surface area contributed by atoms with Crippen LogP contribution in [0.2, 0.25) is 0 Å². The smallest absolute Gasteiger partial charge is 0.319 e. The van der Waals surface area contributed by atoms with Crippen molar-refractivity contribution >= 4 is 27.6 Å². The lowest BCUT2D eigenvalue weighted by Gasteiger charge is -2.08. The first-order valence-electron chi connectivity index (χ1n) is 6.22. The molecule has 0 saturated carbocycles. The van der Waals surface area contributed by atoms with Gasteiger partial charge in [0.15, 0.2) is 0 Å². The van der Waals surface area contributed by atoms with Gasteiger partial charge in [0, 0.05) is 11.0 Å². The maximum absolute atomic E-state index is 11.7. The predicted octanol–water partition coefficient (Wildman–Crippen LogP) is 3.52. The number of benzene rings is 2. The molecule has 0 aliphatic heterocycles. The highest BCUT2D eigenvalue weighted by molar-refractivity contribution is 9.10. The Labute approximate surface area is 126 Å². The Morgan fingerprint density at radius 3 is 2.50 bits per heavy atom. The Bertz CT molecular complexity index is 585. The Morgan fingerprint density at radius 1 is 1.10 bits per heavy atom. The van der Waals surface area contributed by atoms with Gasteiger partial charge in [0.05, 0.1) is 5.69 Å². The van der Waals surface area contributed by atoms with Crippen LogP contribution in [0.1, 0.15) is 5.56 Å². The van der Waals surface area contributed by atoms with Crippen LogP contribution in [-0.4, -0.2) is 17.7 Å². The number of hydrogen-bond donors (Lipinski definition) is 3. The largest absolute Gasteiger partial charge is 0.506 e. The van der Waals surface area contributed by atoms with E-state index in [1.807, 2.05) is 24.3 Å². The summed E-state index contributed by atoms with van der Waals surface area (Å²) in [6, 6.07) is 14.2. The first-order valence-corrected chi connectivity index (χ1v) is 7.02. The summed E-state index contributed by atoms with van der Waals surface area (Å²) in [6.07, 6.45) is 0.751. The highest BCUT2D eigenvalue weighted by atomic mass is 79.9. The van der Waals surface area contributed by atoms with E-state index in [4.69, 9.17) is 0 Å². The molecule has 104 valence electrons. The molecule has 20 heavy (non-hydrogen) atoms. The lowest BCUT2D eigenvalue weighted by atomic mass is 10.1. The monoisotopic (exact) mass is 334 g/mol. The normalized spacial score (nSPS) is 10.1. The van der Waals surface area contributed by atoms with Crippen LogP contribution >= 0.6 is 15.9 Å². The van der Waals surface area contributed by atoms with Crippen LogP contribution in [0, 0.1) is 0 Å². The predicted molar refractivity (Wildman–Crippen MR) is 83.0 cm³/mol. The molecule has 2 rings (SSSR count). The van der Waals surface area contributed by atoms with Crippen molar-refractivity contribution in [2.75, 3.05) is 11.9 Å². The average molecular weight is 335 g/mol. The molecule has 2 aromatic carbocycles. The maximum Gasteiger partial charge on any atom is 0.319 e. The zero-order valence-corrected chi connectivity index (χ0v) is 12.4. The third-order valence-electron chi connectivity index (χ3n) is 2.76. The van der Waals surface area contributed by atoms with Crippen molar-refractivity contribution in [3.05, 3.63) is 58.6 Å². The second-order valence-corrected chi connectivity index (χ2v) is 5.19. The summed E-state index contributed by atoms with van der Waals surface area (Å²) in [6.45, 7) is 0.529. The molecule has 0 saturated heterocycles. The molecule has 0 fully saturated rings. The van der Waals surface area contributed by atoms with Crippen molar-refractivity contribution in [2.45, 2.75) is 6.42 Å². The molecular formula is C15H15BrN2O2. The van der Waals surface area contributed by atoms with Crippen molar-refractivity contribution in [1.29, 1.82) is 0 Å². The fourth-order valence-corrected chi connectivity index (χ4v) is 1.98. The SMILES string of the molecule is O=C(NCCc1ccc(Br)cc1)Nc1ccccc1O. The molecular weight excluding hydrogens is 320 g/mol. The summed E-state index contributed by atoms with van der Waals surface area (Å²) in [5.74, 6) is 0.0514. The van der Waals surface area contributed by atoms with Crippen molar-refractivity contribution in [2.24, 2.45) is 0 Å². The van der Waals surface area contributed by atoms with E-state index in [1.54, 1.807) is 18.2 Å². The molecule has 0 atom stereocenters. The van der Waals surface area contributed by atoms with Gasteiger partial charge in [-0.1, -0.05) is 40.2 Å². The average Bonchev–Trinajstić information content (AvgIpc) is 2.44. The summed E-state index contributed by atoms with van der Waals surface area (Å²) in [4.78, 5) is 11.7. The molecule has 0 radical (unpaired) electrons. The minimum atomic E-state index is -0.330. The Morgan fingerprint density at radius 2 is 1.80 bits per heavy atom. The lowest BCUT2D eigenvalue weighted by Crippen LogP contribution is -2.30. The molecule has 0 bridgehead atoms. The molecule has 2 aromatic rings. The van der Waals surface area contributed by atoms with Crippen molar-refractivity contribution < 1.29 is 9.90 Å². The van der Waals surface area contributed by atoms with E-state index in [0.717, 1.165) is 16.5 Å². The molecule has 0 unspecified atom stereocenters. The van der Waals surface area contributed by atoms with Gasteiger partial charge >= 0.3 is 6.03 Å². The number of urea groups is 1. The van der Waals surface area contributed by atoms with Crippen LogP contribution in [0.5, 0.6) is 5.75 Å². The molecule has 5 heteroatoms. The molecule has 0 aromatic heterocycles. The minimum absolute atomic E-state index is 0.0514. The van der Waals surface area contributed by atoms with Gasteiger partial charge < -0.3 is 15.7 Å². The zero-order chi connectivity index (χ0) is 14.4. The fraction of sp³-hybridized carbons (Fsp3) is 0.133. The Kier molecular flexibility index (Phi) is 5.01. The number of hydrogen-bond acceptors (Lipinski definition) is 2. The minimum Gasteiger partial charge on any atom is -0.506 e. The van der Waals surface area contributed by atoms with E-state index in [-0.39, 0.29) is 11.8 Å². The summed E-state index contributed by atoms with van der Waals surface area (Å²) in [5.41, 5.74) is 1.55. The van der Waals surface area contributed by atoms with Gasteiger partial charge in [-0.2, -0.15) is 0 Å². The number of phenols is 1. The zero-order valence-electron chi connectivity index (χ0n) is 10.8. The summed E-state index contributed by atoms with van der Waals surface area (Å²) >= 11 is 3.38. The van der Waals surface area contributed by atoms with Gasteiger partial charge in [0.25, 0.3) is 0 Å². The number of carbonyl (C=O) groups is 1. The number of amides is 2. The number of halogens is 1. The van der Waals surface area contributed by atoms with Gasteiger partial charge in [0.2, 0.25) is 0 Å². The van der Waals surface area contributed by atoms with Crippen LogP contribution in [0.4, 0.5) is 10.5 Å². The van der Waals surface area contributed by atoms with Crippen LogP contribution in [-0.2, 0) is 6.42 Å². The number of nitrogens with one attached hydrogen (secondary N) is 2. The van der Waals surface area contributed by atoms with Gasteiger partial charge in [-0.25, -0.2) is 4.79 Å². The van der Waals surface area contributed by atoms with E-state index < -0.39 is 0 Å². The highest BCUT2D eigenvalue weighted by Crippen LogP contribution is 2.21. The summed E-state index contributed by atoms with van der Waals surface area (Å²) in [5, 5.41) is 14.9. The number of para-hydroxylation sites is 2. The van der Waals surface area contributed by atoms with Crippen LogP contribution < -0.4 is 10.6 Å². The first kappa shape index (κ1) is 14.4. The number of aromatic hydroxyl groups is 1. The van der Waals surface area contributed by atoms with Crippen molar-refractivity contribution in [3.63, 3.8) is 0 Å². The number of phenolic OH excluding ortho intramolecular Hbond substituents is 1. The molecule has 2 amide bonds. The number of carbonyl (C=O) groups excluding carboxylic acids is 1. The van der Waals surface area contributed by atoms with Gasteiger partial charge in [-0.05, 0) is 36.2 Å². The summed E-state index contributed by atoms with van der Waals surface area (Å²) in [7, 11) is 0. The molecule has 3 N–H and O–H groups in total. The number of rotatable bonds is 4. The molecule has 4 nitrogen and oxygen atoms in total. The quantitative estimate of drug-likeness (QED) is 0.749. The summed E-state index contributed by atoms with van der Waals surface area (Å²) < 4.78 is 1.03. The van der Waals surface area contributed by atoms with Gasteiger partial charge in [-0.3, -0.25) is 0 Å². The molecule has 0 heterocycles. The standard InChI is InChI=1S/C15H15BrN2O2/c16-12-7-5-11(6-8-12)9-10-17-15(20)18-13-3-1-2-4-14(13)19/h1-8,19H,9-10H2,(H2,17,18,20). The van der Waals surface area contributed by atoms with Gasteiger partial charge in [-0.15, -0.1) is 0 Å². The maximum atomic E-state index is 11.7. The van der Waals surface area contributed by atoms with Gasteiger partial charge in [0.1, 0.15) is 5.75 Å². The van der Waals surface area contributed by atoms with Crippen LogP contribution in [0.15, 0.2) is 53.0 Å². The van der Waals surface area contributed by atoms with E-state index in [1.165, 1.54) is 6.07 Å². The van der Waals surface area contributed by atoms with E-state index >= 15 is 0 Å². The third-order valence-corrected chi connectivity index (χ3v) is 3.29.